The van der Waals surface area contributed by atoms with Crippen molar-refractivity contribution in [2.24, 2.45) is 0 Å². The molecule has 0 saturated heterocycles. The number of aromatic hydroxyl groups is 2. The van der Waals surface area contributed by atoms with Crippen molar-refractivity contribution in [3.8, 4) is 33.4 Å². The molecule has 0 atom stereocenters. The molecular weight excluding hydrogens is 479 g/mol. The van der Waals surface area contributed by atoms with E-state index in [-0.39, 0.29) is 11.5 Å². The predicted octanol–water partition coefficient (Wildman–Crippen LogP) is 6.85. The van der Waals surface area contributed by atoms with E-state index in [2.05, 4.69) is 5.32 Å². The number of hydrogen-bond donors (Lipinski definition) is 3. The molecule has 0 aliphatic rings. The number of phenolic OH excluding ortho intramolecular Hbond substituents is 2. The summed E-state index contributed by atoms with van der Waals surface area (Å²) in [4.78, 5) is 12.5. The molecule has 0 radical (unpaired) electrons. The number of nitrogens with one attached hydrogen (secondary N) is 1. The minimum absolute atomic E-state index is 0.140. The molecule has 4 rings (SSSR count). The number of carbonyl (C=O) groups is 1. The quantitative estimate of drug-likeness (QED) is 0.243. The monoisotopic (exact) mass is 499 g/mol. The highest BCUT2D eigenvalue weighted by Crippen LogP contribution is 2.47. The Morgan fingerprint density at radius 3 is 2.34 bits per heavy atom. The number of fused-ring (bicyclic) bond motifs is 1. The first kappa shape index (κ1) is 24.2. The summed E-state index contributed by atoms with van der Waals surface area (Å²) in [6, 6.07) is 18.6. The Labute approximate surface area is 202 Å². The van der Waals surface area contributed by atoms with Crippen LogP contribution in [0, 0.1) is 0 Å². The lowest BCUT2D eigenvalue weighted by Gasteiger charge is -2.09. The van der Waals surface area contributed by atoms with Gasteiger partial charge in [0, 0.05) is 22.7 Å². The van der Waals surface area contributed by atoms with Crippen molar-refractivity contribution in [3.05, 3.63) is 78.4 Å². The molecule has 0 aliphatic heterocycles. The van der Waals surface area contributed by atoms with Crippen molar-refractivity contribution in [3.63, 3.8) is 0 Å². The highest BCUT2D eigenvalue weighted by atomic mass is 32.1. The predicted molar refractivity (Wildman–Crippen MR) is 130 cm³/mol. The molecule has 0 spiro atoms. The van der Waals surface area contributed by atoms with Crippen molar-refractivity contribution in [1.82, 2.24) is 5.32 Å². The summed E-state index contributed by atoms with van der Waals surface area (Å²) in [6.07, 6.45) is -2.73. The maximum absolute atomic E-state index is 12.2. The summed E-state index contributed by atoms with van der Waals surface area (Å²) in [7, 11) is 0. The summed E-state index contributed by atoms with van der Waals surface area (Å²) in [5, 5.41) is 22.5. The first-order chi connectivity index (χ1) is 16.7. The second-order valence-corrected chi connectivity index (χ2v) is 8.70. The molecular formula is C26H20F3NO4S. The second kappa shape index (κ2) is 10.1. The van der Waals surface area contributed by atoms with Gasteiger partial charge in [0.25, 0.3) is 0 Å². The van der Waals surface area contributed by atoms with E-state index in [0.29, 0.717) is 17.1 Å². The molecule has 0 bridgehead atoms. The van der Waals surface area contributed by atoms with Crippen LogP contribution in [0.3, 0.4) is 0 Å². The normalized spacial score (nSPS) is 11.7. The molecule has 0 fully saturated rings. The molecule has 0 unspecified atom stereocenters. The van der Waals surface area contributed by atoms with Gasteiger partial charge in [-0.3, -0.25) is 4.79 Å². The van der Waals surface area contributed by atoms with Gasteiger partial charge in [-0.1, -0.05) is 12.1 Å². The Balaban J connectivity index is 1.52. The Bertz CT molecular complexity index is 1360. The minimum atomic E-state index is -4.32. The third kappa shape index (κ3) is 6.33. The van der Waals surface area contributed by atoms with Gasteiger partial charge < -0.3 is 20.3 Å². The van der Waals surface area contributed by atoms with Crippen LogP contribution in [-0.2, 0) is 4.79 Å². The van der Waals surface area contributed by atoms with Crippen LogP contribution in [0.15, 0.2) is 72.8 Å². The average molecular weight is 500 g/mol. The molecule has 3 N–H and O–H groups in total. The zero-order valence-corrected chi connectivity index (χ0v) is 19.0. The van der Waals surface area contributed by atoms with Gasteiger partial charge in [-0.05, 0) is 71.8 Å². The van der Waals surface area contributed by atoms with Crippen molar-refractivity contribution >= 4 is 33.4 Å². The number of thiophene rings is 1. The number of phenols is 2. The van der Waals surface area contributed by atoms with E-state index < -0.39 is 25.0 Å². The van der Waals surface area contributed by atoms with Gasteiger partial charge in [0.15, 0.2) is 5.75 Å². The van der Waals surface area contributed by atoms with Crippen LogP contribution < -0.4 is 10.1 Å². The molecule has 3 aromatic carbocycles. The fraction of sp³-hybridized carbons (Fsp3) is 0.115. The molecule has 5 nitrogen and oxygen atoms in total. The van der Waals surface area contributed by atoms with Gasteiger partial charge >= 0.3 is 6.18 Å². The highest BCUT2D eigenvalue weighted by molar-refractivity contribution is 7.22. The van der Waals surface area contributed by atoms with Crippen molar-refractivity contribution < 1.29 is 32.9 Å². The lowest BCUT2D eigenvalue weighted by atomic mass is 10.1. The van der Waals surface area contributed by atoms with Crippen LogP contribution in [0.5, 0.6) is 23.0 Å². The Morgan fingerprint density at radius 1 is 0.971 bits per heavy atom. The number of amides is 1. The molecule has 1 amide bonds. The standard InChI is InChI=1S/C26H20F3NO4S/c27-26(28,29)13-14-30-23(33)12-3-16-1-9-20(10-2-16)34-24-21-11-8-19(32)15-22(21)35-25(24)17-4-6-18(31)7-5-17/h1-12,15,31-32H,13-14H2,(H,30,33). The van der Waals surface area contributed by atoms with Crippen LogP contribution in [0.1, 0.15) is 12.0 Å². The number of carbonyl (C=O) groups excluding carboxylic acids is 1. The van der Waals surface area contributed by atoms with Gasteiger partial charge in [-0.2, -0.15) is 13.2 Å². The van der Waals surface area contributed by atoms with E-state index in [9.17, 15) is 28.2 Å². The van der Waals surface area contributed by atoms with Gasteiger partial charge in [-0.15, -0.1) is 11.3 Å². The number of hydrogen-bond acceptors (Lipinski definition) is 5. The number of rotatable bonds is 7. The van der Waals surface area contributed by atoms with Gasteiger partial charge in [0.1, 0.15) is 17.2 Å². The molecule has 9 heteroatoms. The number of benzene rings is 3. The molecule has 35 heavy (non-hydrogen) atoms. The lowest BCUT2D eigenvalue weighted by molar-refractivity contribution is -0.134. The number of halogens is 3. The molecule has 180 valence electrons. The van der Waals surface area contributed by atoms with Crippen LogP contribution in [-0.4, -0.2) is 28.8 Å². The van der Waals surface area contributed by atoms with E-state index in [1.54, 1.807) is 66.7 Å². The second-order valence-electron chi connectivity index (χ2n) is 7.65. The first-order valence-corrected chi connectivity index (χ1v) is 11.3. The fourth-order valence-electron chi connectivity index (χ4n) is 3.29. The molecule has 1 aromatic heterocycles. The summed E-state index contributed by atoms with van der Waals surface area (Å²) >= 11 is 1.45. The van der Waals surface area contributed by atoms with Crippen LogP contribution in [0.25, 0.3) is 26.6 Å². The Kier molecular flexibility index (Phi) is 6.97. The van der Waals surface area contributed by atoms with E-state index in [4.69, 9.17) is 4.74 Å². The maximum Gasteiger partial charge on any atom is 0.390 e. The zero-order valence-electron chi connectivity index (χ0n) is 18.2. The van der Waals surface area contributed by atoms with E-state index in [1.807, 2.05) is 0 Å². The van der Waals surface area contributed by atoms with Crippen LogP contribution in [0.4, 0.5) is 13.2 Å². The highest BCUT2D eigenvalue weighted by Gasteiger charge is 2.26. The van der Waals surface area contributed by atoms with E-state index in [0.717, 1.165) is 20.5 Å². The van der Waals surface area contributed by atoms with Gasteiger partial charge in [-0.25, -0.2) is 0 Å². The lowest BCUT2D eigenvalue weighted by Crippen LogP contribution is -2.26. The molecule has 4 aromatic rings. The average Bonchev–Trinajstić information content (AvgIpc) is 3.15. The Morgan fingerprint density at radius 2 is 1.66 bits per heavy atom. The van der Waals surface area contributed by atoms with E-state index in [1.165, 1.54) is 23.5 Å². The van der Waals surface area contributed by atoms with Crippen molar-refractivity contribution in [1.29, 1.82) is 0 Å². The molecule has 1 heterocycles. The fourth-order valence-corrected chi connectivity index (χ4v) is 4.46. The van der Waals surface area contributed by atoms with Gasteiger partial charge in [0.05, 0.1) is 11.3 Å². The smallest absolute Gasteiger partial charge is 0.390 e. The topological polar surface area (TPSA) is 78.8 Å². The van der Waals surface area contributed by atoms with Crippen LogP contribution in [0.2, 0.25) is 0 Å². The third-order valence-electron chi connectivity index (χ3n) is 4.99. The largest absolute Gasteiger partial charge is 0.508 e. The summed E-state index contributed by atoms with van der Waals surface area (Å²) in [6.45, 7) is -0.477. The molecule has 0 aliphatic carbocycles. The molecule has 0 saturated carbocycles. The Hall–Kier alpha value is -3.98. The number of ether oxygens (including phenoxy) is 1. The maximum atomic E-state index is 12.2. The summed E-state index contributed by atoms with van der Waals surface area (Å²) < 4.78 is 43.6. The zero-order chi connectivity index (χ0) is 25.0. The van der Waals surface area contributed by atoms with Crippen LogP contribution >= 0.6 is 11.3 Å². The van der Waals surface area contributed by atoms with Crippen molar-refractivity contribution in [2.75, 3.05) is 6.54 Å². The van der Waals surface area contributed by atoms with E-state index >= 15 is 0 Å². The summed E-state index contributed by atoms with van der Waals surface area (Å²) in [5.74, 6) is 0.808. The van der Waals surface area contributed by atoms with Gasteiger partial charge in [0.2, 0.25) is 5.91 Å². The third-order valence-corrected chi connectivity index (χ3v) is 6.18. The minimum Gasteiger partial charge on any atom is -0.508 e. The SMILES string of the molecule is O=C(C=Cc1ccc(Oc2c(-c3ccc(O)cc3)sc3cc(O)ccc23)cc1)NCCC(F)(F)F. The first-order valence-electron chi connectivity index (χ1n) is 10.5. The number of alkyl halides is 3. The van der Waals surface area contributed by atoms with Crippen molar-refractivity contribution in [2.45, 2.75) is 12.6 Å². The summed E-state index contributed by atoms with van der Waals surface area (Å²) in [5.41, 5.74) is 1.51.